The highest BCUT2D eigenvalue weighted by Gasteiger charge is 2.20. The number of thioether (sulfide) groups is 1. The van der Waals surface area contributed by atoms with Crippen LogP contribution in [0.5, 0.6) is 5.75 Å². The molecule has 3 aromatic rings. The molecule has 9 heteroatoms. The monoisotopic (exact) mass is 375 g/mol. The Kier molecular flexibility index (Phi) is 5.67. The minimum atomic E-state index is -0.334. The van der Waals surface area contributed by atoms with Gasteiger partial charge in [-0.15, -0.1) is 16.4 Å². The predicted octanol–water partition coefficient (Wildman–Crippen LogP) is 2.53. The van der Waals surface area contributed by atoms with Gasteiger partial charge in [-0.3, -0.25) is 4.79 Å². The fraction of sp³-hybridized carbons (Fsp3) is 0.250. The number of tetrazole rings is 1. The van der Waals surface area contributed by atoms with E-state index in [-0.39, 0.29) is 11.2 Å². The van der Waals surface area contributed by atoms with Crippen molar-refractivity contribution in [3.63, 3.8) is 0 Å². The molecule has 0 fully saturated rings. The van der Waals surface area contributed by atoms with Crippen LogP contribution in [0.4, 0.5) is 0 Å². The van der Waals surface area contributed by atoms with Gasteiger partial charge in [0.05, 0.1) is 18.9 Å². The third-order valence-electron chi connectivity index (χ3n) is 3.42. The number of ether oxygens (including phenoxy) is 1. The number of carbonyl (C=O) groups is 1. The van der Waals surface area contributed by atoms with Gasteiger partial charge in [-0.2, -0.15) is 4.68 Å². The van der Waals surface area contributed by atoms with Crippen molar-refractivity contribution in [2.24, 2.45) is 0 Å². The number of para-hydroxylation sites is 2. The number of methoxy groups -OCH3 is 1. The zero-order chi connectivity index (χ0) is 17.6. The number of carbonyl (C=O) groups excluding carboxylic acids is 1. The number of thiophene rings is 1. The average Bonchev–Trinajstić information content (AvgIpc) is 3.31. The van der Waals surface area contributed by atoms with Gasteiger partial charge in [-0.25, -0.2) is 0 Å². The molecule has 7 nitrogen and oxygen atoms in total. The molecule has 1 N–H and O–H groups in total. The van der Waals surface area contributed by atoms with E-state index in [1.807, 2.05) is 48.7 Å². The Morgan fingerprint density at radius 1 is 1.36 bits per heavy atom. The second-order valence-corrected chi connectivity index (χ2v) is 7.44. The summed E-state index contributed by atoms with van der Waals surface area (Å²) < 4.78 is 6.93. The smallest absolute Gasteiger partial charge is 0.233 e. The molecule has 25 heavy (non-hydrogen) atoms. The first-order valence-corrected chi connectivity index (χ1v) is 9.33. The van der Waals surface area contributed by atoms with Crippen LogP contribution in [0.3, 0.4) is 0 Å². The van der Waals surface area contributed by atoms with Crippen LogP contribution in [-0.2, 0) is 11.3 Å². The van der Waals surface area contributed by atoms with Gasteiger partial charge in [0.25, 0.3) is 0 Å². The number of nitrogens with one attached hydrogen (secondary N) is 1. The molecule has 3 rings (SSSR count). The van der Waals surface area contributed by atoms with Gasteiger partial charge in [0, 0.05) is 4.88 Å². The van der Waals surface area contributed by atoms with E-state index in [9.17, 15) is 4.79 Å². The highest BCUT2D eigenvalue weighted by atomic mass is 32.2. The molecule has 130 valence electrons. The second kappa shape index (κ2) is 8.13. The molecule has 2 aromatic heterocycles. The molecule has 0 aliphatic heterocycles. The lowest BCUT2D eigenvalue weighted by atomic mass is 10.3. The number of nitrogens with zero attached hydrogens (tertiary/aromatic N) is 4. The number of hydrogen-bond donors (Lipinski definition) is 1. The summed E-state index contributed by atoms with van der Waals surface area (Å²) in [5.74, 6) is 0.597. The largest absolute Gasteiger partial charge is 0.494 e. The van der Waals surface area contributed by atoms with E-state index in [0.29, 0.717) is 17.5 Å². The molecule has 0 saturated heterocycles. The lowest BCUT2D eigenvalue weighted by Crippen LogP contribution is -2.30. The molecule has 0 saturated carbocycles. The van der Waals surface area contributed by atoms with Gasteiger partial charge < -0.3 is 10.1 Å². The topological polar surface area (TPSA) is 81.9 Å². The summed E-state index contributed by atoms with van der Waals surface area (Å²) in [4.78, 5) is 13.4. The highest BCUT2D eigenvalue weighted by molar-refractivity contribution is 8.00. The molecule has 0 aliphatic rings. The molecule has 0 aliphatic carbocycles. The summed E-state index contributed by atoms with van der Waals surface area (Å²) >= 11 is 2.91. The van der Waals surface area contributed by atoms with Crippen molar-refractivity contribution in [3.05, 3.63) is 46.7 Å². The Morgan fingerprint density at radius 2 is 2.20 bits per heavy atom. The van der Waals surface area contributed by atoms with Crippen molar-refractivity contribution in [2.45, 2.75) is 23.9 Å². The van der Waals surface area contributed by atoms with E-state index in [0.717, 1.165) is 10.6 Å². The van der Waals surface area contributed by atoms with Crippen molar-refractivity contribution < 1.29 is 9.53 Å². The number of rotatable bonds is 7. The molecule has 1 atom stereocenters. The van der Waals surface area contributed by atoms with E-state index in [1.54, 1.807) is 23.1 Å². The lowest BCUT2D eigenvalue weighted by molar-refractivity contribution is -0.120. The SMILES string of the molecule is COc1ccccc1-n1nnnc1S[C@@H](C)C(=O)NCc1cccs1. The Bertz CT molecular complexity index is 835. The first kappa shape index (κ1) is 17.4. The first-order chi connectivity index (χ1) is 12.2. The zero-order valence-corrected chi connectivity index (χ0v) is 15.4. The van der Waals surface area contributed by atoms with Crippen molar-refractivity contribution in [1.29, 1.82) is 0 Å². The van der Waals surface area contributed by atoms with Crippen LogP contribution in [0.25, 0.3) is 5.69 Å². The van der Waals surface area contributed by atoms with Crippen molar-refractivity contribution >= 4 is 29.0 Å². The van der Waals surface area contributed by atoms with Crippen LogP contribution in [0.1, 0.15) is 11.8 Å². The van der Waals surface area contributed by atoms with Crippen LogP contribution in [0, 0.1) is 0 Å². The number of aromatic nitrogens is 4. The molecule has 2 heterocycles. The standard InChI is InChI=1S/C16H17N5O2S2/c1-11(15(22)17-10-12-6-5-9-24-12)25-16-18-19-20-21(16)13-7-3-4-8-14(13)23-2/h3-9,11H,10H2,1-2H3,(H,17,22)/t11-/m0/s1. The Hall–Kier alpha value is -2.39. The van der Waals surface area contributed by atoms with E-state index in [2.05, 4.69) is 20.8 Å². The van der Waals surface area contributed by atoms with E-state index in [1.165, 1.54) is 11.8 Å². The van der Waals surface area contributed by atoms with E-state index in [4.69, 9.17) is 4.74 Å². The third-order valence-corrected chi connectivity index (χ3v) is 5.33. The first-order valence-electron chi connectivity index (χ1n) is 7.57. The summed E-state index contributed by atoms with van der Waals surface area (Å²) in [5, 5.41) is 16.9. The molecular formula is C16H17N5O2S2. The Labute approximate surface area is 153 Å². The maximum Gasteiger partial charge on any atom is 0.233 e. The van der Waals surface area contributed by atoms with E-state index < -0.39 is 0 Å². The van der Waals surface area contributed by atoms with Gasteiger partial charge in [0.1, 0.15) is 11.4 Å². The Morgan fingerprint density at radius 3 is 2.96 bits per heavy atom. The molecule has 1 aromatic carbocycles. The van der Waals surface area contributed by atoms with Crippen LogP contribution >= 0.6 is 23.1 Å². The van der Waals surface area contributed by atoms with Gasteiger partial charge in [-0.1, -0.05) is 30.0 Å². The fourth-order valence-corrected chi connectivity index (χ4v) is 3.62. The molecule has 0 spiro atoms. The molecule has 0 bridgehead atoms. The van der Waals surface area contributed by atoms with Crippen molar-refractivity contribution in [2.75, 3.05) is 7.11 Å². The Balaban J connectivity index is 1.69. The van der Waals surface area contributed by atoms with Crippen molar-refractivity contribution in [1.82, 2.24) is 25.5 Å². The summed E-state index contributed by atoms with van der Waals surface area (Å²) in [7, 11) is 1.59. The van der Waals surface area contributed by atoms with Gasteiger partial charge in [-0.05, 0) is 40.9 Å². The average molecular weight is 375 g/mol. The minimum absolute atomic E-state index is 0.0621. The van der Waals surface area contributed by atoms with Crippen LogP contribution in [0.2, 0.25) is 0 Å². The van der Waals surface area contributed by atoms with Crippen LogP contribution in [-0.4, -0.2) is 38.5 Å². The molecule has 1 amide bonds. The fourth-order valence-electron chi connectivity index (χ4n) is 2.15. The zero-order valence-electron chi connectivity index (χ0n) is 13.7. The third kappa shape index (κ3) is 4.18. The lowest BCUT2D eigenvalue weighted by Gasteiger charge is -2.12. The van der Waals surface area contributed by atoms with E-state index >= 15 is 0 Å². The van der Waals surface area contributed by atoms with Gasteiger partial charge >= 0.3 is 0 Å². The quantitative estimate of drug-likeness (QED) is 0.639. The predicted molar refractivity (Wildman–Crippen MR) is 97.2 cm³/mol. The summed E-state index contributed by atoms with van der Waals surface area (Å²) in [6, 6.07) is 11.4. The van der Waals surface area contributed by atoms with Crippen LogP contribution < -0.4 is 10.1 Å². The summed E-state index contributed by atoms with van der Waals surface area (Å²) in [6.07, 6.45) is 0. The maximum atomic E-state index is 12.3. The normalized spacial score (nSPS) is 11.9. The summed E-state index contributed by atoms with van der Waals surface area (Å²) in [5.41, 5.74) is 0.726. The van der Waals surface area contributed by atoms with Gasteiger partial charge in [0.15, 0.2) is 0 Å². The van der Waals surface area contributed by atoms with Crippen LogP contribution in [0.15, 0.2) is 46.9 Å². The minimum Gasteiger partial charge on any atom is -0.494 e. The summed E-state index contributed by atoms with van der Waals surface area (Å²) in [6.45, 7) is 2.36. The van der Waals surface area contributed by atoms with Gasteiger partial charge in [0.2, 0.25) is 11.1 Å². The highest BCUT2D eigenvalue weighted by Crippen LogP contribution is 2.27. The number of hydrogen-bond acceptors (Lipinski definition) is 7. The molecule has 0 unspecified atom stereocenters. The second-order valence-electron chi connectivity index (χ2n) is 5.10. The molecular weight excluding hydrogens is 358 g/mol. The number of amides is 1. The number of benzene rings is 1. The van der Waals surface area contributed by atoms with Crippen molar-refractivity contribution in [3.8, 4) is 11.4 Å². The molecule has 0 radical (unpaired) electrons. The maximum absolute atomic E-state index is 12.3.